The molecule has 0 aromatic rings. The lowest BCUT2D eigenvalue weighted by Crippen LogP contribution is -2.41. The van der Waals surface area contributed by atoms with E-state index in [2.05, 4.69) is 22.5 Å². The van der Waals surface area contributed by atoms with Crippen molar-refractivity contribution in [3.05, 3.63) is 23.3 Å². The van der Waals surface area contributed by atoms with E-state index in [9.17, 15) is 9.59 Å². The van der Waals surface area contributed by atoms with Gasteiger partial charge in [-0.3, -0.25) is 20.2 Å². The number of amides is 2. The van der Waals surface area contributed by atoms with Gasteiger partial charge in [0, 0.05) is 5.57 Å². The number of allylic oxidation sites excluding steroid dienone is 4. The van der Waals surface area contributed by atoms with Crippen molar-refractivity contribution >= 4 is 12.3 Å². The number of nitrogens with one attached hydrogen (secondary N) is 2. The highest BCUT2D eigenvalue weighted by Crippen LogP contribution is 2.01. The second kappa shape index (κ2) is 9.20. The number of imide groups is 1. The first-order valence-corrected chi connectivity index (χ1v) is 5.82. The highest BCUT2D eigenvalue weighted by molar-refractivity contribution is 5.92. The highest BCUT2D eigenvalue weighted by Gasteiger charge is 2.11. The van der Waals surface area contributed by atoms with Gasteiger partial charge in [0.25, 0.3) is 5.91 Å². The summed E-state index contributed by atoms with van der Waals surface area (Å²) in [5, 5.41) is 4.82. The summed E-state index contributed by atoms with van der Waals surface area (Å²) >= 11 is 0. The number of carbonyl (C=O) groups excluding carboxylic acids is 2. The SMILES string of the molecule is CC/C(C#CC(NC)C(=O)NC=O)=C\C=C(C)C. The Morgan fingerprint density at radius 1 is 1.33 bits per heavy atom. The highest BCUT2D eigenvalue weighted by atomic mass is 16.2. The van der Waals surface area contributed by atoms with Crippen molar-refractivity contribution in [2.45, 2.75) is 33.2 Å². The van der Waals surface area contributed by atoms with E-state index >= 15 is 0 Å². The number of hydrogen-bond acceptors (Lipinski definition) is 3. The molecular formula is C14H20N2O2. The Kier molecular flexibility index (Phi) is 8.25. The van der Waals surface area contributed by atoms with Crippen molar-refractivity contribution in [2.24, 2.45) is 0 Å². The first-order chi connectivity index (χ1) is 8.54. The molecule has 0 aliphatic rings. The predicted molar refractivity (Wildman–Crippen MR) is 72.6 cm³/mol. The van der Waals surface area contributed by atoms with Crippen LogP contribution in [-0.2, 0) is 9.59 Å². The van der Waals surface area contributed by atoms with Crippen molar-refractivity contribution < 1.29 is 9.59 Å². The molecule has 0 fully saturated rings. The van der Waals surface area contributed by atoms with Crippen LogP contribution in [0.25, 0.3) is 0 Å². The summed E-state index contributed by atoms with van der Waals surface area (Å²) in [5.41, 5.74) is 2.13. The molecule has 0 heterocycles. The second-order valence-corrected chi connectivity index (χ2v) is 3.91. The molecule has 0 spiro atoms. The van der Waals surface area contributed by atoms with E-state index in [1.165, 1.54) is 5.57 Å². The molecule has 4 heteroatoms. The van der Waals surface area contributed by atoms with E-state index in [1.54, 1.807) is 7.05 Å². The van der Waals surface area contributed by atoms with Crippen LogP contribution in [0.4, 0.5) is 0 Å². The first kappa shape index (κ1) is 16.1. The van der Waals surface area contributed by atoms with Gasteiger partial charge in [0.1, 0.15) is 6.04 Å². The summed E-state index contributed by atoms with van der Waals surface area (Å²) in [6.45, 7) is 6.01. The Hall–Kier alpha value is -1.86. The molecular weight excluding hydrogens is 228 g/mol. The van der Waals surface area contributed by atoms with E-state index < -0.39 is 11.9 Å². The van der Waals surface area contributed by atoms with E-state index in [1.807, 2.05) is 32.9 Å². The maximum Gasteiger partial charge on any atom is 0.255 e. The minimum atomic E-state index is -0.683. The molecule has 0 aliphatic carbocycles. The lowest BCUT2D eigenvalue weighted by atomic mass is 10.1. The fourth-order valence-electron chi connectivity index (χ4n) is 1.09. The smallest absolute Gasteiger partial charge is 0.255 e. The monoisotopic (exact) mass is 248 g/mol. The van der Waals surface area contributed by atoms with Crippen LogP contribution < -0.4 is 10.6 Å². The zero-order valence-corrected chi connectivity index (χ0v) is 11.3. The molecule has 0 saturated heterocycles. The normalized spacial score (nSPS) is 11.9. The molecule has 0 bridgehead atoms. The standard InChI is InChI=1S/C14H20N2O2/c1-5-12(7-6-11(2)3)8-9-13(15-4)14(18)16-10-17/h6-7,10,13,15H,5H2,1-4H3,(H,16,17,18)/b12-7+. The van der Waals surface area contributed by atoms with E-state index in [-0.39, 0.29) is 0 Å². The Labute approximate surface area is 109 Å². The van der Waals surface area contributed by atoms with Gasteiger partial charge < -0.3 is 0 Å². The lowest BCUT2D eigenvalue weighted by molar-refractivity contribution is -0.125. The summed E-state index contributed by atoms with van der Waals surface area (Å²) in [5.74, 6) is 5.29. The van der Waals surface area contributed by atoms with Crippen molar-refractivity contribution in [3.63, 3.8) is 0 Å². The van der Waals surface area contributed by atoms with Gasteiger partial charge in [-0.05, 0) is 27.3 Å². The number of rotatable bonds is 5. The quantitative estimate of drug-likeness (QED) is 0.436. The summed E-state index contributed by atoms with van der Waals surface area (Å²) in [6, 6.07) is -0.683. The number of likely N-dealkylation sites (N-methyl/N-ethyl adjacent to an activating group) is 1. The average molecular weight is 248 g/mol. The van der Waals surface area contributed by atoms with Crippen LogP contribution in [-0.4, -0.2) is 25.4 Å². The maximum atomic E-state index is 11.4. The van der Waals surface area contributed by atoms with Crippen molar-refractivity contribution in [1.29, 1.82) is 0 Å². The van der Waals surface area contributed by atoms with Gasteiger partial charge in [-0.1, -0.05) is 36.5 Å². The molecule has 0 rings (SSSR count). The minimum Gasteiger partial charge on any atom is -0.299 e. The number of carbonyl (C=O) groups is 2. The van der Waals surface area contributed by atoms with Gasteiger partial charge in [-0.2, -0.15) is 0 Å². The van der Waals surface area contributed by atoms with Crippen molar-refractivity contribution in [1.82, 2.24) is 10.6 Å². The van der Waals surface area contributed by atoms with E-state index in [0.717, 1.165) is 12.0 Å². The van der Waals surface area contributed by atoms with Crippen LogP contribution in [0.3, 0.4) is 0 Å². The molecule has 1 atom stereocenters. The van der Waals surface area contributed by atoms with Crippen molar-refractivity contribution in [2.75, 3.05) is 7.05 Å². The van der Waals surface area contributed by atoms with Gasteiger partial charge in [0.15, 0.2) is 0 Å². The first-order valence-electron chi connectivity index (χ1n) is 5.82. The summed E-state index contributed by atoms with van der Waals surface area (Å²) < 4.78 is 0. The fraction of sp³-hybridized carbons (Fsp3) is 0.429. The zero-order chi connectivity index (χ0) is 14.0. The predicted octanol–water partition coefficient (Wildman–Crippen LogP) is 1.15. The van der Waals surface area contributed by atoms with Crippen molar-refractivity contribution in [3.8, 4) is 11.8 Å². The molecule has 0 radical (unpaired) electrons. The molecule has 0 saturated carbocycles. The Morgan fingerprint density at radius 3 is 2.44 bits per heavy atom. The van der Waals surface area contributed by atoms with Gasteiger partial charge in [-0.25, -0.2) is 0 Å². The summed E-state index contributed by atoms with van der Waals surface area (Å²) in [4.78, 5) is 21.6. The largest absolute Gasteiger partial charge is 0.299 e. The molecule has 0 aliphatic heterocycles. The lowest BCUT2D eigenvalue weighted by Gasteiger charge is -2.05. The Bertz CT molecular complexity index is 407. The number of hydrogen-bond donors (Lipinski definition) is 2. The van der Waals surface area contributed by atoms with Gasteiger partial charge >= 0.3 is 0 Å². The van der Waals surface area contributed by atoms with E-state index in [0.29, 0.717) is 6.41 Å². The third kappa shape index (κ3) is 6.66. The molecule has 0 aromatic heterocycles. The zero-order valence-electron chi connectivity index (χ0n) is 11.3. The van der Waals surface area contributed by atoms with E-state index in [4.69, 9.17) is 0 Å². The van der Waals surface area contributed by atoms with Crippen LogP contribution >= 0.6 is 0 Å². The van der Waals surface area contributed by atoms with Gasteiger partial charge in [0.05, 0.1) is 0 Å². The Balaban J connectivity index is 4.87. The van der Waals surface area contributed by atoms with Crippen LogP contribution in [0, 0.1) is 11.8 Å². The van der Waals surface area contributed by atoms with Crippen LogP contribution in [0.15, 0.2) is 23.3 Å². The fourth-order valence-corrected chi connectivity index (χ4v) is 1.09. The molecule has 18 heavy (non-hydrogen) atoms. The van der Waals surface area contributed by atoms with Crippen LogP contribution in [0.2, 0.25) is 0 Å². The molecule has 2 N–H and O–H groups in total. The third-order valence-corrected chi connectivity index (χ3v) is 2.13. The molecule has 0 aromatic carbocycles. The van der Waals surface area contributed by atoms with Gasteiger partial charge in [-0.15, -0.1) is 0 Å². The summed E-state index contributed by atoms with van der Waals surface area (Å²) in [6.07, 6.45) is 5.07. The second-order valence-electron chi connectivity index (χ2n) is 3.91. The summed E-state index contributed by atoms with van der Waals surface area (Å²) in [7, 11) is 1.62. The van der Waals surface area contributed by atoms with Crippen LogP contribution in [0.1, 0.15) is 27.2 Å². The third-order valence-electron chi connectivity index (χ3n) is 2.13. The molecule has 1 unspecified atom stereocenters. The van der Waals surface area contributed by atoms with Crippen LogP contribution in [0.5, 0.6) is 0 Å². The minimum absolute atomic E-state index is 0.355. The molecule has 98 valence electrons. The Morgan fingerprint density at radius 2 is 2.00 bits per heavy atom. The molecule has 4 nitrogen and oxygen atoms in total. The van der Waals surface area contributed by atoms with Gasteiger partial charge in [0.2, 0.25) is 6.41 Å². The molecule has 2 amide bonds. The average Bonchev–Trinajstić information content (AvgIpc) is 2.33. The maximum absolute atomic E-state index is 11.4. The topological polar surface area (TPSA) is 58.2 Å².